The molecule has 0 unspecified atom stereocenters. The van der Waals surface area contributed by atoms with Gasteiger partial charge in [0.2, 0.25) is 11.6 Å². The summed E-state index contributed by atoms with van der Waals surface area (Å²) < 4.78 is 0. The highest BCUT2D eigenvalue weighted by Crippen LogP contribution is 2.39. The van der Waals surface area contributed by atoms with Crippen molar-refractivity contribution >= 4 is 28.9 Å². The summed E-state index contributed by atoms with van der Waals surface area (Å²) in [5.74, 6) is -3.88. The molecule has 3 rings (SSSR count). The number of carbonyl (C=O) groups excluding carboxylic acids is 2. The molecule has 2 aromatic carbocycles. The number of aliphatic hydroxyl groups is 1. The van der Waals surface area contributed by atoms with Crippen molar-refractivity contribution in [2.75, 3.05) is 0 Å². The van der Waals surface area contributed by atoms with Gasteiger partial charge in [-0.1, -0.05) is 45.0 Å². The molecular weight excluding hydrogens is 348 g/mol. The minimum Gasteiger partial charge on any atom is -0.507 e. The third kappa shape index (κ3) is 2.89. The van der Waals surface area contributed by atoms with E-state index in [1.807, 2.05) is 0 Å². The molecule has 0 fully saturated rings. The summed E-state index contributed by atoms with van der Waals surface area (Å²) in [6.45, 7) is 5.32. The third-order valence-electron chi connectivity index (χ3n) is 4.53. The van der Waals surface area contributed by atoms with E-state index in [9.17, 15) is 29.7 Å². The molecule has 2 aromatic rings. The first-order valence-corrected chi connectivity index (χ1v) is 8.27. The van der Waals surface area contributed by atoms with Crippen LogP contribution in [0.4, 0.5) is 0 Å². The van der Waals surface area contributed by atoms with Gasteiger partial charge in [-0.3, -0.25) is 9.59 Å². The molecule has 0 saturated carbocycles. The van der Waals surface area contributed by atoms with E-state index < -0.39 is 40.0 Å². The average Bonchev–Trinajstić information content (AvgIpc) is 2.59. The lowest BCUT2D eigenvalue weighted by Crippen LogP contribution is -2.24. The van der Waals surface area contributed by atoms with Gasteiger partial charge in [-0.15, -0.1) is 0 Å². The molecule has 6 nitrogen and oxygen atoms in total. The Balaban J connectivity index is 2.37. The van der Waals surface area contributed by atoms with Crippen molar-refractivity contribution in [2.45, 2.75) is 26.2 Å². The van der Waals surface area contributed by atoms with Crippen LogP contribution in [0.15, 0.2) is 36.4 Å². The number of allylic oxidation sites excluding steroid dienone is 1. The predicted molar refractivity (Wildman–Crippen MR) is 99.0 cm³/mol. The zero-order valence-electron chi connectivity index (χ0n) is 15.0. The molecule has 138 valence electrons. The quantitative estimate of drug-likeness (QED) is 0.701. The summed E-state index contributed by atoms with van der Waals surface area (Å²) in [5.41, 5.74) is -0.655. The number of carbonyl (C=O) groups is 3. The standard InChI is InChI=1S/C21H18O6/c1-21(2,3)14-9-10(8-13(16(14)22)20(26)27)15-17(23)11-6-4-5-7-12(11)18(24)19(15)25/h4-9,22-23H,1-3H3,(H,26,27). The second-order valence-electron chi connectivity index (χ2n) is 7.40. The van der Waals surface area contributed by atoms with Gasteiger partial charge in [-0.2, -0.15) is 0 Å². The number of carboxylic acid groups (broad SMARTS) is 1. The van der Waals surface area contributed by atoms with Gasteiger partial charge in [-0.05, 0) is 23.1 Å². The van der Waals surface area contributed by atoms with Crippen molar-refractivity contribution in [3.63, 3.8) is 0 Å². The van der Waals surface area contributed by atoms with E-state index in [2.05, 4.69) is 0 Å². The zero-order chi connectivity index (χ0) is 20.1. The van der Waals surface area contributed by atoms with E-state index >= 15 is 0 Å². The van der Waals surface area contributed by atoms with Gasteiger partial charge in [0.15, 0.2) is 0 Å². The fraction of sp³-hybridized carbons (Fsp3) is 0.190. The Bertz CT molecular complexity index is 1040. The number of hydrogen-bond donors (Lipinski definition) is 3. The van der Waals surface area contributed by atoms with Crippen molar-refractivity contribution in [3.8, 4) is 5.75 Å². The van der Waals surface area contributed by atoms with Crippen LogP contribution in [0.25, 0.3) is 11.3 Å². The van der Waals surface area contributed by atoms with Crippen LogP contribution < -0.4 is 0 Å². The number of rotatable bonds is 2. The Morgan fingerprint density at radius 2 is 1.52 bits per heavy atom. The van der Waals surface area contributed by atoms with Crippen LogP contribution in [-0.2, 0) is 10.2 Å². The molecule has 1 aliphatic carbocycles. The number of aliphatic hydroxyl groups excluding tert-OH is 1. The normalized spacial score (nSPS) is 14.3. The van der Waals surface area contributed by atoms with Crippen molar-refractivity contribution in [3.05, 3.63) is 64.2 Å². The maximum atomic E-state index is 12.6. The summed E-state index contributed by atoms with van der Waals surface area (Å²) in [7, 11) is 0. The van der Waals surface area contributed by atoms with E-state index in [1.54, 1.807) is 32.9 Å². The second-order valence-corrected chi connectivity index (χ2v) is 7.40. The van der Waals surface area contributed by atoms with Crippen molar-refractivity contribution < 1.29 is 29.7 Å². The van der Waals surface area contributed by atoms with Crippen LogP contribution >= 0.6 is 0 Å². The molecule has 0 atom stereocenters. The van der Waals surface area contributed by atoms with Gasteiger partial charge >= 0.3 is 5.97 Å². The Hall–Kier alpha value is -3.41. The number of aromatic carboxylic acids is 1. The molecule has 0 bridgehead atoms. The van der Waals surface area contributed by atoms with E-state index in [4.69, 9.17) is 0 Å². The highest BCUT2D eigenvalue weighted by molar-refractivity contribution is 6.62. The summed E-state index contributed by atoms with van der Waals surface area (Å²) in [4.78, 5) is 36.7. The third-order valence-corrected chi connectivity index (χ3v) is 4.53. The molecule has 1 aliphatic rings. The molecule has 0 saturated heterocycles. The van der Waals surface area contributed by atoms with Crippen LogP contribution in [0.2, 0.25) is 0 Å². The maximum absolute atomic E-state index is 12.6. The Kier molecular flexibility index (Phi) is 4.14. The molecule has 27 heavy (non-hydrogen) atoms. The number of fused-ring (bicyclic) bond motifs is 1. The first-order valence-electron chi connectivity index (χ1n) is 8.27. The summed E-state index contributed by atoms with van der Waals surface area (Å²) in [6, 6.07) is 8.70. The maximum Gasteiger partial charge on any atom is 0.339 e. The number of aromatic hydroxyl groups is 1. The molecule has 0 amide bonds. The number of phenols is 1. The minimum absolute atomic E-state index is 0.0699. The Morgan fingerprint density at radius 1 is 0.926 bits per heavy atom. The van der Waals surface area contributed by atoms with Gasteiger partial charge in [0.05, 0.1) is 5.57 Å². The highest BCUT2D eigenvalue weighted by Gasteiger charge is 2.35. The monoisotopic (exact) mass is 366 g/mol. The van der Waals surface area contributed by atoms with Gasteiger partial charge in [0, 0.05) is 16.7 Å². The zero-order valence-corrected chi connectivity index (χ0v) is 15.0. The Morgan fingerprint density at radius 3 is 2.07 bits per heavy atom. The van der Waals surface area contributed by atoms with Gasteiger partial charge in [0.1, 0.15) is 17.1 Å². The number of hydrogen-bond acceptors (Lipinski definition) is 5. The smallest absolute Gasteiger partial charge is 0.339 e. The number of ketones is 2. The average molecular weight is 366 g/mol. The molecule has 0 aliphatic heterocycles. The number of benzene rings is 2. The molecule has 0 spiro atoms. The molecule has 0 heterocycles. The molecule has 0 radical (unpaired) electrons. The molecule has 0 aromatic heterocycles. The van der Waals surface area contributed by atoms with Crippen LogP contribution in [0.1, 0.15) is 58.2 Å². The van der Waals surface area contributed by atoms with Crippen LogP contribution in [-0.4, -0.2) is 32.9 Å². The van der Waals surface area contributed by atoms with Crippen LogP contribution in [0, 0.1) is 0 Å². The van der Waals surface area contributed by atoms with Crippen LogP contribution in [0.5, 0.6) is 5.75 Å². The van der Waals surface area contributed by atoms with E-state index in [-0.39, 0.29) is 27.8 Å². The van der Waals surface area contributed by atoms with Gasteiger partial charge in [-0.25, -0.2) is 4.79 Å². The van der Waals surface area contributed by atoms with Crippen molar-refractivity contribution in [2.24, 2.45) is 0 Å². The lowest BCUT2D eigenvalue weighted by atomic mass is 9.80. The molecular formula is C21H18O6. The van der Waals surface area contributed by atoms with Crippen molar-refractivity contribution in [1.82, 2.24) is 0 Å². The van der Waals surface area contributed by atoms with Crippen molar-refractivity contribution in [1.29, 1.82) is 0 Å². The topological polar surface area (TPSA) is 112 Å². The summed E-state index contributed by atoms with van der Waals surface area (Å²) in [5, 5.41) is 30.4. The number of Topliss-reactive ketones (excluding diaryl/α,β-unsaturated/α-hetero) is 2. The largest absolute Gasteiger partial charge is 0.507 e. The van der Waals surface area contributed by atoms with Crippen LogP contribution in [0.3, 0.4) is 0 Å². The SMILES string of the molecule is CC(C)(C)c1cc(C2=C(O)c3ccccc3C(=O)C2=O)cc(C(=O)O)c1O. The predicted octanol–water partition coefficient (Wildman–Crippen LogP) is 3.58. The van der Waals surface area contributed by atoms with Gasteiger partial charge < -0.3 is 15.3 Å². The van der Waals surface area contributed by atoms with E-state index in [1.165, 1.54) is 18.2 Å². The van der Waals surface area contributed by atoms with Gasteiger partial charge in [0.25, 0.3) is 0 Å². The Labute approximate surface area is 155 Å². The highest BCUT2D eigenvalue weighted by atomic mass is 16.4. The lowest BCUT2D eigenvalue weighted by Gasteiger charge is -2.24. The lowest BCUT2D eigenvalue weighted by molar-refractivity contribution is -0.110. The summed E-state index contributed by atoms with van der Waals surface area (Å²) in [6.07, 6.45) is 0. The summed E-state index contributed by atoms with van der Waals surface area (Å²) >= 11 is 0. The fourth-order valence-electron chi connectivity index (χ4n) is 3.15. The first kappa shape index (κ1) is 18.4. The first-order chi connectivity index (χ1) is 12.5. The molecule has 6 heteroatoms. The molecule has 3 N–H and O–H groups in total. The van der Waals surface area contributed by atoms with E-state index in [0.717, 1.165) is 6.07 Å². The number of carboxylic acids is 1. The fourth-order valence-corrected chi connectivity index (χ4v) is 3.15. The van der Waals surface area contributed by atoms with E-state index in [0.29, 0.717) is 0 Å². The minimum atomic E-state index is -1.38. The second kappa shape index (κ2) is 6.09.